The molecular weight excluding hydrogens is 745 g/mol. The summed E-state index contributed by atoms with van der Waals surface area (Å²) < 4.78 is 25.1. The Morgan fingerprint density at radius 3 is 0.800 bits per heavy atom. The molecule has 8 heteroatoms. The molecule has 4 aromatic carbocycles. The van der Waals surface area contributed by atoms with E-state index in [0.717, 1.165) is 112 Å². The molecule has 0 saturated heterocycles. The van der Waals surface area contributed by atoms with E-state index in [1.807, 2.05) is 100 Å². The second-order valence-corrected chi connectivity index (χ2v) is 14.2. The van der Waals surface area contributed by atoms with Crippen molar-refractivity contribution in [2.75, 3.05) is 26.4 Å². The van der Waals surface area contributed by atoms with Crippen molar-refractivity contribution in [3.05, 3.63) is 144 Å². The number of para-hydroxylation sites is 4. The lowest BCUT2D eigenvalue weighted by atomic mass is 10.0. The molecule has 60 heavy (non-hydrogen) atoms. The van der Waals surface area contributed by atoms with E-state index in [1.165, 1.54) is 0 Å². The first-order valence-corrected chi connectivity index (χ1v) is 20.6. The van der Waals surface area contributed by atoms with E-state index in [4.69, 9.17) is 28.9 Å². The van der Waals surface area contributed by atoms with E-state index in [9.17, 15) is 0 Å². The summed E-state index contributed by atoms with van der Waals surface area (Å²) in [6, 6.07) is 41.1. The minimum absolute atomic E-state index is 0.520. The fourth-order valence-electron chi connectivity index (χ4n) is 8.16. The van der Waals surface area contributed by atoms with Crippen molar-refractivity contribution in [1.82, 2.24) is 19.9 Å². The Morgan fingerprint density at radius 2 is 0.567 bits per heavy atom. The van der Waals surface area contributed by atoms with Crippen LogP contribution in [0.15, 0.2) is 121 Å². The lowest BCUT2D eigenvalue weighted by molar-refractivity contribution is 0.341. The molecule has 2 aliphatic heterocycles. The maximum Gasteiger partial charge on any atom is 0.127 e. The van der Waals surface area contributed by atoms with Gasteiger partial charge in [0.05, 0.1) is 49.2 Å². The van der Waals surface area contributed by atoms with Gasteiger partial charge in [-0.15, -0.1) is 0 Å². The van der Waals surface area contributed by atoms with Gasteiger partial charge in [0.25, 0.3) is 0 Å². The average Bonchev–Trinajstić information content (AvgIpc) is 4.12. The normalized spacial score (nSPS) is 11.8. The highest BCUT2D eigenvalue weighted by Crippen LogP contribution is 2.43. The van der Waals surface area contributed by atoms with E-state index in [-0.39, 0.29) is 0 Å². The Bertz CT molecular complexity index is 2570. The average molecular weight is 791 g/mol. The molecule has 7 aromatic rings. The summed E-state index contributed by atoms with van der Waals surface area (Å²) in [6.07, 6.45) is 8.37. The number of fused-ring (bicyclic) bond motifs is 8. The molecule has 2 aliphatic rings. The molecule has 0 unspecified atom stereocenters. The maximum atomic E-state index is 6.27. The van der Waals surface area contributed by atoms with Crippen LogP contribution < -0.4 is 18.9 Å². The highest BCUT2D eigenvalue weighted by Gasteiger charge is 2.23. The SMILES string of the molecule is CCOc1ccccc1-c1c2nc(c(-c3ccccc3OCC)c3ccc([nH]3)c(-c3ccccc3OCC)c3nc(c(-c4ccccc4OCC)c4ccc1[nH]4)C=C3)C=C2. The molecule has 5 heterocycles. The number of aromatic nitrogens is 4. The lowest BCUT2D eigenvalue weighted by Crippen LogP contribution is -1.97. The third-order valence-electron chi connectivity index (χ3n) is 10.6. The molecule has 0 saturated carbocycles. The summed E-state index contributed by atoms with van der Waals surface area (Å²) in [6.45, 7) is 10.1. The minimum Gasteiger partial charge on any atom is -0.493 e. The molecule has 0 fully saturated rings. The van der Waals surface area contributed by atoms with E-state index < -0.39 is 0 Å². The van der Waals surface area contributed by atoms with Crippen molar-refractivity contribution < 1.29 is 18.9 Å². The summed E-state index contributed by atoms with van der Waals surface area (Å²) in [5.74, 6) is 3.09. The van der Waals surface area contributed by atoms with Crippen molar-refractivity contribution in [1.29, 1.82) is 0 Å². The van der Waals surface area contributed by atoms with Gasteiger partial charge in [0.15, 0.2) is 0 Å². The van der Waals surface area contributed by atoms with Gasteiger partial charge in [-0.25, -0.2) is 9.97 Å². The van der Waals surface area contributed by atoms with Crippen LogP contribution in [0.3, 0.4) is 0 Å². The van der Waals surface area contributed by atoms with Gasteiger partial charge in [-0.1, -0.05) is 72.8 Å². The summed E-state index contributed by atoms with van der Waals surface area (Å²) in [5, 5.41) is 0. The van der Waals surface area contributed by atoms with Crippen LogP contribution in [0.1, 0.15) is 50.5 Å². The van der Waals surface area contributed by atoms with Crippen LogP contribution in [0.5, 0.6) is 23.0 Å². The second-order valence-electron chi connectivity index (χ2n) is 14.2. The first-order chi connectivity index (χ1) is 29.6. The standard InChI is InChI=1S/C52H46N4O4/c1-5-57-45-21-13-9-17-33(45)49-37-25-27-39(53-37)50(34-18-10-14-22-46(34)58-6-2)41-29-31-43(55-41)52(36-20-12-16-24-48(36)60-8-4)44-32-30-42(56-44)51(40-28-26-38(49)54-40)35-19-11-15-23-47(35)59-7-3/h9-32,53,56H,5-8H2,1-4H3. The Hall–Kier alpha value is -7.32. The fourth-order valence-corrected chi connectivity index (χ4v) is 8.16. The molecule has 2 N–H and O–H groups in total. The van der Waals surface area contributed by atoms with E-state index in [2.05, 4.69) is 82.8 Å². The van der Waals surface area contributed by atoms with Gasteiger partial charge in [0.1, 0.15) is 23.0 Å². The monoisotopic (exact) mass is 790 g/mol. The Labute approximate surface area is 349 Å². The van der Waals surface area contributed by atoms with Crippen molar-refractivity contribution in [3.63, 3.8) is 0 Å². The number of H-pyrrole nitrogens is 2. The first-order valence-electron chi connectivity index (χ1n) is 20.6. The number of aromatic amines is 2. The van der Waals surface area contributed by atoms with Crippen molar-refractivity contribution in [2.45, 2.75) is 27.7 Å². The molecule has 298 valence electrons. The topological polar surface area (TPSA) is 94.3 Å². The lowest BCUT2D eigenvalue weighted by Gasteiger charge is -2.13. The van der Waals surface area contributed by atoms with Crippen LogP contribution in [0.25, 0.3) is 90.9 Å². The van der Waals surface area contributed by atoms with Crippen LogP contribution in [-0.2, 0) is 0 Å². The van der Waals surface area contributed by atoms with Crippen LogP contribution in [0.2, 0.25) is 0 Å². The first kappa shape index (κ1) is 38.2. The highest BCUT2D eigenvalue weighted by molar-refractivity contribution is 6.01. The molecule has 9 rings (SSSR count). The van der Waals surface area contributed by atoms with Crippen molar-refractivity contribution >= 4 is 46.4 Å². The van der Waals surface area contributed by atoms with Gasteiger partial charge in [0, 0.05) is 66.6 Å². The van der Waals surface area contributed by atoms with E-state index in [0.29, 0.717) is 26.4 Å². The molecule has 8 nitrogen and oxygen atoms in total. The molecule has 0 spiro atoms. The second kappa shape index (κ2) is 16.9. The molecule has 0 radical (unpaired) electrons. The van der Waals surface area contributed by atoms with Gasteiger partial charge in [-0.05, 0) is 101 Å². The highest BCUT2D eigenvalue weighted by atomic mass is 16.5. The number of ether oxygens (including phenoxy) is 4. The molecule has 3 aromatic heterocycles. The number of rotatable bonds is 12. The number of hydrogen-bond acceptors (Lipinski definition) is 6. The quantitative estimate of drug-likeness (QED) is 0.128. The zero-order valence-corrected chi connectivity index (χ0v) is 34.2. The zero-order valence-electron chi connectivity index (χ0n) is 34.2. The molecule has 0 atom stereocenters. The maximum absolute atomic E-state index is 6.27. The van der Waals surface area contributed by atoms with Crippen LogP contribution in [-0.4, -0.2) is 46.4 Å². The largest absolute Gasteiger partial charge is 0.493 e. The van der Waals surface area contributed by atoms with Gasteiger partial charge in [-0.3, -0.25) is 0 Å². The summed E-state index contributed by atoms with van der Waals surface area (Å²) in [4.78, 5) is 18.6. The van der Waals surface area contributed by atoms with Crippen LogP contribution in [0, 0.1) is 0 Å². The summed E-state index contributed by atoms with van der Waals surface area (Å²) in [7, 11) is 0. The molecule has 8 bridgehead atoms. The Balaban J connectivity index is 1.49. The van der Waals surface area contributed by atoms with Crippen molar-refractivity contribution in [3.8, 4) is 67.5 Å². The molecule has 0 aliphatic carbocycles. The van der Waals surface area contributed by atoms with Crippen molar-refractivity contribution in [2.24, 2.45) is 0 Å². The van der Waals surface area contributed by atoms with Gasteiger partial charge >= 0.3 is 0 Å². The van der Waals surface area contributed by atoms with E-state index in [1.54, 1.807) is 0 Å². The molecule has 0 amide bonds. The minimum atomic E-state index is 0.520. The third kappa shape index (κ3) is 7.11. The van der Waals surface area contributed by atoms with Gasteiger partial charge < -0.3 is 28.9 Å². The fraction of sp³-hybridized carbons (Fsp3) is 0.154. The summed E-state index contributed by atoms with van der Waals surface area (Å²) in [5.41, 5.74) is 14.0. The smallest absolute Gasteiger partial charge is 0.127 e. The number of benzene rings is 4. The predicted molar refractivity (Wildman–Crippen MR) is 245 cm³/mol. The van der Waals surface area contributed by atoms with Crippen LogP contribution >= 0.6 is 0 Å². The Kier molecular flexibility index (Phi) is 10.7. The number of nitrogens with zero attached hydrogens (tertiary/aromatic N) is 2. The van der Waals surface area contributed by atoms with E-state index >= 15 is 0 Å². The summed E-state index contributed by atoms with van der Waals surface area (Å²) >= 11 is 0. The predicted octanol–water partition coefficient (Wildman–Crippen LogP) is 12.9. The number of hydrogen-bond donors (Lipinski definition) is 2. The zero-order chi connectivity index (χ0) is 41.0. The molecular formula is C52H46N4O4. The van der Waals surface area contributed by atoms with Gasteiger partial charge in [-0.2, -0.15) is 0 Å². The van der Waals surface area contributed by atoms with Gasteiger partial charge in [0.2, 0.25) is 0 Å². The van der Waals surface area contributed by atoms with Crippen LogP contribution in [0.4, 0.5) is 0 Å². The third-order valence-corrected chi connectivity index (χ3v) is 10.6. The Morgan fingerprint density at radius 1 is 0.333 bits per heavy atom. The number of nitrogens with one attached hydrogen (secondary N) is 2.